The maximum Gasteiger partial charge on any atom is 0.240 e. The lowest BCUT2D eigenvalue weighted by Gasteiger charge is -2.38. The Balaban J connectivity index is 1.67. The molecule has 0 spiro atoms. The van der Waals surface area contributed by atoms with Gasteiger partial charge in [-0.15, -0.1) is 0 Å². The van der Waals surface area contributed by atoms with Crippen LogP contribution in [0.2, 0.25) is 0 Å². The van der Waals surface area contributed by atoms with Crippen LogP contribution in [0.5, 0.6) is 0 Å². The zero-order chi connectivity index (χ0) is 14.8. The molecule has 1 fully saturated rings. The van der Waals surface area contributed by atoms with E-state index in [2.05, 4.69) is 36.5 Å². The molecule has 1 aromatic rings. The molecule has 0 aromatic heterocycles. The van der Waals surface area contributed by atoms with Crippen molar-refractivity contribution in [2.75, 3.05) is 20.2 Å². The number of fused-ring (bicyclic) bond motifs is 1. The van der Waals surface area contributed by atoms with E-state index < -0.39 is 0 Å². The average molecular weight is 288 g/mol. The minimum absolute atomic E-state index is 0.0918. The van der Waals surface area contributed by atoms with Gasteiger partial charge < -0.3 is 15.0 Å². The number of carbonyl (C=O) groups excluding carboxylic acids is 1. The molecule has 2 aliphatic rings. The molecule has 0 aliphatic carbocycles. The minimum Gasteiger partial charge on any atom is -0.379 e. The molecule has 0 radical (unpaired) electrons. The highest BCUT2D eigenvalue weighted by atomic mass is 16.5. The van der Waals surface area contributed by atoms with E-state index in [0.29, 0.717) is 5.92 Å². The number of amides is 1. The third kappa shape index (κ3) is 2.97. The molecule has 0 unspecified atom stereocenters. The van der Waals surface area contributed by atoms with Gasteiger partial charge in [0, 0.05) is 26.7 Å². The van der Waals surface area contributed by atoms with Crippen molar-refractivity contribution in [3.05, 3.63) is 35.4 Å². The Bertz CT molecular complexity index is 517. The first kappa shape index (κ1) is 14.5. The summed E-state index contributed by atoms with van der Waals surface area (Å²) in [5.74, 6) is 0.748. The predicted octanol–water partition coefficient (Wildman–Crippen LogP) is 1.58. The third-order valence-corrected chi connectivity index (χ3v) is 4.88. The smallest absolute Gasteiger partial charge is 0.240 e. The van der Waals surface area contributed by atoms with Crippen molar-refractivity contribution >= 4 is 5.91 Å². The van der Waals surface area contributed by atoms with Gasteiger partial charge in [0.15, 0.2) is 0 Å². The fourth-order valence-corrected chi connectivity index (χ4v) is 3.39. The molecule has 3 rings (SSSR count). The van der Waals surface area contributed by atoms with Crippen LogP contribution in [0.4, 0.5) is 0 Å². The Labute approximate surface area is 126 Å². The van der Waals surface area contributed by atoms with Crippen LogP contribution >= 0.6 is 0 Å². The standard InChI is InChI=1S/C17H24N2O2/c1-12-7-8-19(11-16(12)21-2)17(20)15-9-13-5-3-4-6-14(13)10-18-15/h3-6,12,15-16,18H,7-11H2,1-2H3/t12-,15+,16-/m1/s1. The van der Waals surface area contributed by atoms with Gasteiger partial charge in [0.1, 0.15) is 0 Å². The maximum atomic E-state index is 12.7. The molecule has 0 bridgehead atoms. The van der Waals surface area contributed by atoms with Crippen molar-refractivity contribution < 1.29 is 9.53 Å². The normalized spacial score (nSPS) is 29.0. The SMILES string of the molecule is CO[C@@H]1CN(C(=O)[C@@H]2Cc3ccccc3CN2)CC[C@H]1C. The molecular weight excluding hydrogens is 264 g/mol. The first-order valence-electron chi connectivity index (χ1n) is 7.80. The summed E-state index contributed by atoms with van der Waals surface area (Å²) in [5.41, 5.74) is 2.60. The van der Waals surface area contributed by atoms with Crippen LogP contribution in [-0.2, 0) is 22.5 Å². The highest BCUT2D eigenvalue weighted by Gasteiger charge is 2.33. The monoisotopic (exact) mass is 288 g/mol. The van der Waals surface area contributed by atoms with E-state index >= 15 is 0 Å². The van der Waals surface area contributed by atoms with Crippen LogP contribution in [0.25, 0.3) is 0 Å². The van der Waals surface area contributed by atoms with E-state index in [-0.39, 0.29) is 18.1 Å². The fourth-order valence-electron chi connectivity index (χ4n) is 3.39. The van der Waals surface area contributed by atoms with Gasteiger partial charge in [0.25, 0.3) is 0 Å². The van der Waals surface area contributed by atoms with Crippen LogP contribution in [-0.4, -0.2) is 43.2 Å². The van der Waals surface area contributed by atoms with Crippen molar-refractivity contribution in [2.24, 2.45) is 5.92 Å². The van der Waals surface area contributed by atoms with Gasteiger partial charge >= 0.3 is 0 Å². The Hall–Kier alpha value is -1.39. The summed E-state index contributed by atoms with van der Waals surface area (Å²) in [5, 5.41) is 3.38. The Morgan fingerprint density at radius 3 is 2.86 bits per heavy atom. The molecule has 3 atom stereocenters. The van der Waals surface area contributed by atoms with E-state index in [1.807, 2.05) is 4.90 Å². The molecule has 2 heterocycles. The maximum absolute atomic E-state index is 12.7. The summed E-state index contributed by atoms with van der Waals surface area (Å²) in [6, 6.07) is 8.28. The molecule has 4 heteroatoms. The number of hydrogen-bond acceptors (Lipinski definition) is 3. The number of rotatable bonds is 2. The van der Waals surface area contributed by atoms with Gasteiger partial charge in [-0.25, -0.2) is 0 Å². The van der Waals surface area contributed by atoms with Gasteiger partial charge in [0.2, 0.25) is 5.91 Å². The summed E-state index contributed by atoms with van der Waals surface area (Å²) in [7, 11) is 1.74. The zero-order valence-electron chi connectivity index (χ0n) is 12.8. The first-order valence-corrected chi connectivity index (χ1v) is 7.80. The fraction of sp³-hybridized carbons (Fsp3) is 0.588. The summed E-state index contributed by atoms with van der Waals surface area (Å²) in [6.07, 6.45) is 1.98. The van der Waals surface area contributed by atoms with Gasteiger partial charge in [-0.1, -0.05) is 31.2 Å². The van der Waals surface area contributed by atoms with E-state index in [1.54, 1.807) is 7.11 Å². The molecule has 0 saturated carbocycles. The van der Waals surface area contributed by atoms with Crippen LogP contribution in [0.1, 0.15) is 24.5 Å². The van der Waals surface area contributed by atoms with Crippen LogP contribution in [0, 0.1) is 5.92 Å². The lowest BCUT2D eigenvalue weighted by molar-refractivity contribution is -0.138. The number of benzene rings is 1. The molecule has 4 nitrogen and oxygen atoms in total. The summed E-state index contributed by atoms with van der Waals surface area (Å²) in [6.45, 7) is 4.55. The molecule has 1 N–H and O–H groups in total. The number of nitrogens with one attached hydrogen (secondary N) is 1. The molecule has 21 heavy (non-hydrogen) atoms. The Morgan fingerprint density at radius 2 is 2.10 bits per heavy atom. The molecule has 2 aliphatic heterocycles. The largest absolute Gasteiger partial charge is 0.379 e. The highest BCUT2D eigenvalue weighted by Crippen LogP contribution is 2.22. The lowest BCUT2D eigenvalue weighted by atomic mass is 9.92. The van der Waals surface area contributed by atoms with Gasteiger partial charge in [-0.3, -0.25) is 4.79 Å². The molecular formula is C17H24N2O2. The number of carbonyl (C=O) groups is 1. The van der Waals surface area contributed by atoms with Crippen molar-refractivity contribution in [1.29, 1.82) is 0 Å². The number of hydrogen-bond donors (Lipinski definition) is 1. The summed E-state index contributed by atoms with van der Waals surface area (Å²) < 4.78 is 5.51. The number of methoxy groups -OCH3 is 1. The number of likely N-dealkylation sites (tertiary alicyclic amines) is 1. The number of nitrogens with zero attached hydrogens (tertiary/aromatic N) is 1. The molecule has 1 amide bonds. The van der Waals surface area contributed by atoms with Gasteiger partial charge in [-0.2, -0.15) is 0 Å². The number of ether oxygens (including phenoxy) is 1. The predicted molar refractivity (Wildman–Crippen MR) is 81.9 cm³/mol. The van der Waals surface area contributed by atoms with E-state index in [9.17, 15) is 4.79 Å². The zero-order valence-corrected chi connectivity index (χ0v) is 12.8. The van der Waals surface area contributed by atoms with Crippen LogP contribution in [0.15, 0.2) is 24.3 Å². The summed E-state index contributed by atoms with van der Waals surface area (Å²) >= 11 is 0. The van der Waals surface area contributed by atoms with E-state index in [1.165, 1.54) is 11.1 Å². The van der Waals surface area contributed by atoms with Gasteiger partial charge in [-0.05, 0) is 29.9 Å². The summed E-state index contributed by atoms with van der Waals surface area (Å²) in [4.78, 5) is 14.7. The second-order valence-electron chi connectivity index (χ2n) is 6.23. The van der Waals surface area contributed by atoms with Crippen molar-refractivity contribution in [1.82, 2.24) is 10.2 Å². The Morgan fingerprint density at radius 1 is 1.33 bits per heavy atom. The van der Waals surface area contributed by atoms with Crippen molar-refractivity contribution in [3.8, 4) is 0 Å². The minimum atomic E-state index is -0.0918. The van der Waals surface area contributed by atoms with E-state index in [4.69, 9.17) is 4.74 Å². The molecule has 1 aromatic carbocycles. The number of piperidine rings is 1. The highest BCUT2D eigenvalue weighted by molar-refractivity contribution is 5.82. The second kappa shape index (κ2) is 6.16. The van der Waals surface area contributed by atoms with Gasteiger partial charge in [0.05, 0.1) is 12.1 Å². The quantitative estimate of drug-likeness (QED) is 0.898. The van der Waals surface area contributed by atoms with Crippen molar-refractivity contribution in [2.45, 2.75) is 38.5 Å². The van der Waals surface area contributed by atoms with Crippen LogP contribution < -0.4 is 5.32 Å². The first-order chi connectivity index (χ1) is 10.2. The molecule has 1 saturated heterocycles. The average Bonchev–Trinajstić information content (AvgIpc) is 2.54. The van der Waals surface area contributed by atoms with Crippen molar-refractivity contribution in [3.63, 3.8) is 0 Å². The molecule has 114 valence electrons. The third-order valence-electron chi connectivity index (χ3n) is 4.88. The van der Waals surface area contributed by atoms with Crippen LogP contribution in [0.3, 0.4) is 0 Å². The topological polar surface area (TPSA) is 41.6 Å². The Kier molecular flexibility index (Phi) is 4.27. The second-order valence-corrected chi connectivity index (χ2v) is 6.23. The lowest BCUT2D eigenvalue weighted by Crippen LogP contribution is -2.54. The van der Waals surface area contributed by atoms with E-state index in [0.717, 1.165) is 32.5 Å².